The fraction of sp³-hybridized carbons (Fsp3) is 0.727. The van der Waals surface area contributed by atoms with Gasteiger partial charge in [0.1, 0.15) is 4.88 Å². The molecule has 0 saturated carbocycles. The number of rotatable bonds is 3. The lowest BCUT2D eigenvalue weighted by atomic mass is 10.1. The molecule has 0 spiro atoms. The molecule has 5 nitrogen and oxygen atoms in total. The highest BCUT2D eigenvalue weighted by molar-refractivity contribution is 7.08. The van der Waals surface area contributed by atoms with Crippen molar-refractivity contribution in [3.05, 3.63) is 10.6 Å². The van der Waals surface area contributed by atoms with Gasteiger partial charge in [-0.25, -0.2) is 0 Å². The number of aryl methyl sites for hydroxylation is 1. The maximum absolute atomic E-state index is 12.3. The highest BCUT2D eigenvalue weighted by atomic mass is 32.1. The second-order valence-corrected chi connectivity index (χ2v) is 5.21. The van der Waals surface area contributed by atoms with E-state index >= 15 is 0 Å². The Balaban J connectivity index is 2.10. The summed E-state index contributed by atoms with van der Waals surface area (Å²) in [5, 5.41) is 4.03. The SMILES string of the molecule is CCCc1nnsc1C(=O)N1CCCC(N)C1. The Labute approximate surface area is 105 Å². The van der Waals surface area contributed by atoms with Crippen LogP contribution in [0.2, 0.25) is 0 Å². The third-order valence-corrected chi connectivity index (χ3v) is 3.74. The first-order valence-corrected chi connectivity index (χ1v) is 6.85. The van der Waals surface area contributed by atoms with Crippen LogP contribution >= 0.6 is 11.5 Å². The number of nitrogens with zero attached hydrogens (tertiary/aromatic N) is 3. The number of nitrogens with two attached hydrogens (primary N) is 1. The predicted molar refractivity (Wildman–Crippen MR) is 67.0 cm³/mol. The van der Waals surface area contributed by atoms with Crippen molar-refractivity contribution in [1.29, 1.82) is 0 Å². The molecule has 2 rings (SSSR count). The monoisotopic (exact) mass is 254 g/mol. The summed E-state index contributed by atoms with van der Waals surface area (Å²) in [7, 11) is 0. The van der Waals surface area contributed by atoms with Crippen molar-refractivity contribution < 1.29 is 4.79 Å². The average molecular weight is 254 g/mol. The standard InChI is InChI=1S/C11H18N4OS/c1-2-4-9-10(17-14-13-9)11(16)15-6-3-5-8(12)7-15/h8H,2-7,12H2,1H3. The molecule has 1 amide bonds. The topological polar surface area (TPSA) is 72.1 Å². The van der Waals surface area contributed by atoms with Crippen molar-refractivity contribution in [2.24, 2.45) is 5.73 Å². The maximum atomic E-state index is 12.3. The van der Waals surface area contributed by atoms with Crippen molar-refractivity contribution in [3.63, 3.8) is 0 Å². The summed E-state index contributed by atoms with van der Waals surface area (Å²) in [6.45, 7) is 3.53. The first-order valence-electron chi connectivity index (χ1n) is 6.08. The quantitative estimate of drug-likeness (QED) is 0.875. The van der Waals surface area contributed by atoms with E-state index in [1.54, 1.807) is 0 Å². The van der Waals surface area contributed by atoms with Crippen LogP contribution in [0.4, 0.5) is 0 Å². The molecule has 2 heterocycles. The summed E-state index contributed by atoms with van der Waals surface area (Å²) >= 11 is 1.20. The molecule has 1 atom stereocenters. The number of hydrogen-bond acceptors (Lipinski definition) is 5. The van der Waals surface area contributed by atoms with E-state index in [-0.39, 0.29) is 11.9 Å². The number of hydrogen-bond donors (Lipinski definition) is 1. The van der Waals surface area contributed by atoms with Gasteiger partial charge in [0.2, 0.25) is 0 Å². The van der Waals surface area contributed by atoms with Crippen LogP contribution in [-0.4, -0.2) is 39.5 Å². The Morgan fingerprint density at radius 1 is 1.65 bits per heavy atom. The molecule has 1 fully saturated rings. The lowest BCUT2D eigenvalue weighted by Crippen LogP contribution is -2.45. The highest BCUT2D eigenvalue weighted by Gasteiger charge is 2.25. The zero-order valence-electron chi connectivity index (χ0n) is 10.1. The van der Waals surface area contributed by atoms with Gasteiger partial charge in [0, 0.05) is 19.1 Å². The zero-order chi connectivity index (χ0) is 12.3. The Bertz CT molecular complexity index is 393. The molecule has 0 radical (unpaired) electrons. The maximum Gasteiger partial charge on any atom is 0.267 e. The second-order valence-electron chi connectivity index (χ2n) is 4.45. The molecular weight excluding hydrogens is 236 g/mol. The van der Waals surface area contributed by atoms with Gasteiger partial charge < -0.3 is 10.6 Å². The second kappa shape index (κ2) is 5.55. The fourth-order valence-corrected chi connectivity index (χ4v) is 2.79. The summed E-state index contributed by atoms with van der Waals surface area (Å²) in [4.78, 5) is 14.8. The van der Waals surface area contributed by atoms with E-state index < -0.39 is 0 Å². The Morgan fingerprint density at radius 2 is 2.47 bits per heavy atom. The van der Waals surface area contributed by atoms with E-state index in [0.717, 1.165) is 37.9 Å². The van der Waals surface area contributed by atoms with Gasteiger partial charge in [0.05, 0.1) is 5.69 Å². The van der Waals surface area contributed by atoms with Crippen LogP contribution in [0.1, 0.15) is 41.6 Å². The van der Waals surface area contributed by atoms with Gasteiger partial charge in [0.25, 0.3) is 5.91 Å². The van der Waals surface area contributed by atoms with Crippen LogP contribution in [-0.2, 0) is 6.42 Å². The Hall–Kier alpha value is -1.01. The number of carbonyl (C=O) groups is 1. The summed E-state index contributed by atoms with van der Waals surface area (Å²) in [5.74, 6) is 0.0543. The molecule has 0 aliphatic carbocycles. The number of piperidine rings is 1. The number of amides is 1. The van der Waals surface area contributed by atoms with Gasteiger partial charge >= 0.3 is 0 Å². The molecule has 1 aliphatic rings. The third-order valence-electron chi connectivity index (χ3n) is 2.98. The van der Waals surface area contributed by atoms with Gasteiger partial charge in [-0.15, -0.1) is 5.10 Å². The largest absolute Gasteiger partial charge is 0.336 e. The first-order chi connectivity index (χ1) is 8.22. The number of likely N-dealkylation sites (tertiary alicyclic amines) is 1. The molecule has 1 aromatic heterocycles. The van der Waals surface area contributed by atoms with Gasteiger partial charge in [0.15, 0.2) is 0 Å². The summed E-state index contributed by atoms with van der Waals surface area (Å²) < 4.78 is 3.89. The van der Waals surface area contributed by atoms with Gasteiger partial charge in [-0.05, 0) is 30.8 Å². The van der Waals surface area contributed by atoms with Crippen LogP contribution in [0.15, 0.2) is 0 Å². The Kier molecular flexibility index (Phi) is 4.06. The smallest absolute Gasteiger partial charge is 0.267 e. The summed E-state index contributed by atoms with van der Waals surface area (Å²) in [6, 6.07) is 0.114. The van der Waals surface area contributed by atoms with Crippen LogP contribution in [0.5, 0.6) is 0 Å². The first kappa shape index (κ1) is 12.4. The van der Waals surface area contributed by atoms with E-state index in [2.05, 4.69) is 16.5 Å². The molecular formula is C11H18N4OS. The molecule has 2 N–H and O–H groups in total. The van der Waals surface area contributed by atoms with E-state index in [1.165, 1.54) is 11.5 Å². The van der Waals surface area contributed by atoms with Crippen LogP contribution < -0.4 is 5.73 Å². The molecule has 6 heteroatoms. The van der Waals surface area contributed by atoms with E-state index in [0.29, 0.717) is 11.4 Å². The molecule has 17 heavy (non-hydrogen) atoms. The van der Waals surface area contributed by atoms with Crippen molar-refractivity contribution >= 4 is 17.4 Å². The van der Waals surface area contributed by atoms with E-state index in [4.69, 9.17) is 5.73 Å². The van der Waals surface area contributed by atoms with Crippen LogP contribution in [0, 0.1) is 0 Å². The third kappa shape index (κ3) is 2.81. The van der Waals surface area contributed by atoms with E-state index in [9.17, 15) is 4.79 Å². The molecule has 1 aromatic rings. The van der Waals surface area contributed by atoms with Gasteiger partial charge in [-0.3, -0.25) is 4.79 Å². The minimum atomic E-state index is 0.0543. The van der Waals surface area contributed by atoms with E-state index in [1.807, 2.05) is 4.90 Å². The van der Waals surface area contributed by atoms with Crippen LogP contribution in [0.3, 0.4) is 0 Å². The lowest BCUT2D eigenvalue weighted by Gasteiger charge is -2.30. The van der Waals surface area contributed by atoms with Crippen molar-refractivity contribution in [2.45, 2.75) is 38.6 Å². The minimum Gasteiger partial charge on any atom is -0.336 e. The van der Waals surface area contributed by atoms with Gasteiger partial charge in [-0.2, -0.15) is 0 Å². The molecule has 0 bridgehead atoms. The summed E-state index contributed by atoms with van der Waals surface area (Å²) in [6.07, 6.45) is 3.79. The molecule has 1 unspecified atom stereocenters. The number of aromatic nitrogens is 2. The predicted octanol–water partition coefficient (Wildman–Crippen LogP) is 1.05. The zero-order valence-corrected chi connectivity index (χ0v) is 10.9. The normalized spacial score (nSPS) is 20.6. The summed E-state index contributed by atoms with van der Waals surface area (Å²) in [5.41, 5.74) is 6.73. The number of carbonyl (C=O) groups excluding carboxylic acids is 1. The van der Waals surface area contributed by atoms with Crippen LogP contribution in [0.25, 0.3) is 0 Å². The van der Waals surface area contributed by atoms with Crippen molar-refractivity contribution in [3.8, 4) is 0 Å². The minimum absolute atomic E-state index is 0.0543. The molecule has 0 aromatic carbocycles. The average Bonchev–Trinajstić information content (AvgIpc) is 2.77. The van der Waals surface area contributed by atoms with Crippen molar-refractivity contribution in [2.75, 3.05) is 13.1 Å². The lowest BCUT2D eigenvalue weighted by molar-refractivity contribution is 0.0712. The Morgan fingerprint density at radius 3 is 3.18 bits per heavy atom. The van der Waals surface area contributed by atoms with Crippen molar-refractivity contribution in [1.82, 2.24) is 14.5 Å². The molecule has 94 valence electrons. The fourth-order valence-electron chi connectivity index (χ4n) is 2.11. The molecule has 1 saturated heterocycles. The highest BCUT2D eigenvalue weighted by Crippen LogP contribution is 2.18. The van der Waals surface area contributed by atoms with Gasteiger partial charge in [-0.1, -0.05) is 17.8 Å². The molecule has 1 aliphatic heterocycles.